The van der Waals surface area contributed by atoms with Gasteiger partial charge >= 0.3 is 5.97 Å². The average Bonchev–Trinajstić information content (AvgIpc) is 2.34. The first-order chi connectivity index (χ1) is 4.75. The summed E-state index contributed by atoms with van der Waals surface area (Å²) in [4.78, 5) is 10.7. The van der Waals surface area contributed by atoms with E-state index < -0.39 is 5.97 Å². The minimum absolute atomic E-state index is 0.0214. The molecule has 1 rings (SSSR count). The molecule has 0 aromatic heterocycles. The van der Waals surface area contributed by atoms with Gasteiger partial charge < -0.3 is 14.6 Å². The zero-order chi connectivity index (χ0) is 7.56. The SMILES string of the molecule is COC(=O)C1=C(O)CCO1. The highest BCUT2D eigenvalue weighted by Crippen LogP contribution is 2.16. The van der Waals surface area contributed by atoms with Crippen molar-refractivity contribution in [3.63, 3.8) is 0 Å². The summed E-state index contributed by atoms with van der Waals surface area (Å²) in [6.07, 6.45) is 0.393. The Bertz CT molecular complexity index is 182. The van der Waals surface area contributed by atoms with Crippen molar-refractivity contribution >= 4 is 5.97 Å². The third-order valence-corrected chi connectivity index (χ3v) is 1.22. The fourth-order valence-corrected chi connectivity index (χ4v) is 0.716. The van der Waals surface area contributed by atoms with E-state index in [1.807, 2.05) is 0 Å². The molecule has 0 unspecified atom stereocenters. The van der Waals surface area contributed by atoms with Gasteiger partial charge in [0, 0.05) is 6.42 Å². The third kappa shape index (κ3) is 1.05. The number of methoxy groups -OCH3 is 1. The zero-order valence-electron chi connectivity index (χ0n) is 5.59. The van der Waals surface area contributed by atoms with Gasteiger partial charge in [-0.2, -0.15) is 0 Å². The molecule has 0 saturated carbocycles. The first-order valence-corrected chi connectivity index (χ1v) is 2.89. The van der Waals surface area contributed by atoms with Crippen LogP contribution in [0, 0.1) is 0 Å². The summed E-state index contributed by atoms with van der Waals surface area (Å²) < 4.78 is 9.10. The van der Waals surface area contributed by atoms with Crippen molar-refractivity contribution in [2.45, 2.75) is 6.42 Å². The smallest absolute Gasteiger partial charge is 0.376 e. The number of esters is 1. The van der Waals surface area contributed by atoms with Gasteiger partial charge in [0.25, 0.3) is 0 Å². The maximum absolute atomic E-state index is 10.7. The van der Waals surface area contributed by atoms with Crippen LogP contribution in [0.5, 0.6) is 0 Å². The van der Waals surface area contributed by atoms with Gasteiger partial charge in [0.2, 0.25) is 5.76 Å². The normalized spacial score (nSPS) is 16.9. The van der Waals surface area contributed by atoms with Crippen molar-refractivity contribution in [3.8, 4) is 0 Å². The molecule has 0 saturated heterocycles. The van der Waals surface area contributed by atoms with E-state index in [1.54, 1.807) is 0 Å². The summed E-state index contributed by atoms with van der Waals surface area (Å²) in [5, 5.41) is 8.94. The predicted octanol–water partition coefficient (Wildman–Crippen LogP) is 0.349. The fourth-order valence-electron chi connectivity index (χ4n) is 0.716. The monoisotopic (exact) mass is 144 g/mol. The molecular weight excluding hydrogens is 136 g/mol. The Labute approximate surface area is 58.1 Å². The number of hydrogen-bond acceptors (Lipinski definition) is 4. The average molecular weight is 144 g/mol. The predicted molar refractivity (Wildman–Crippen MR) is 32.2 cm³/mol. The maximum Gasteiger partial charge on any atom is 0.376 e. The molecule has 1 N–H and O–H groups in total. The van der Waals surface area contributed by atoms with Crippen molar-refractivity contribution in [1.29, 1.82) is 0 Å². The fraction of sp³-hybridized carbons (Fsp3) is 0.500. The number of ether oxygens (including phenoxy) is 2. The second-order valence-corrected chi connectivity index (χ2v) is 1.87. The minimum atomic E-state index is -0.616. The standard InChI is InChI=1S/C6H8O4/c1-9-6(8)5-4(7)2-3-10-5/h7H,2-3H2,1H3. The van der Waals surface area contributed by atoms with E-state index in [0.717, 1.165) is 0 Å². The van der Waals surface area contributed by atoms with Crippen LogP contribution in [0.4, 0.5) is 0 Å². The summed E-state index contributed by atoms with van der Waals surface area (Å²) in [5.74, 6) is -0.690. The highest BCUT2D eigenvalue weighted by atomic mass is 16.6. The van der Waals surface area contributed by atoms with Gasteiger partial charge in [0.1, 0.15) is 5.76 Å². The van der Waals surface area contributed by atoms with Crippen molar-refractivity contribution in [2.75, 3.05) is 13.7 Å². The quantitative estimate of drug-likeness (QED) is 0.539. The molecule has 1 heterocycles. The van der Waals surface area contributed by atoms with Gasteiger partial charge in [0.15, 0.2) is 0 Å². The maximum atomic E-state index is 10.7. The Morgan fingerprint density at radius 2 is 2.50 bits per heavy atom. The van der Waals surface area contributed by atoms with Crippen LogP contribution in [-0.2, 0) is 14.3 Å². The Morgan fingerprint density at radius 3 is 2.90 bits per heavy atom. The lowest BCUT2D eigenvalue weighted by Crippen LogP contribution is -2.06. The van der Waals surface area contributed by atoms with E-state index in [4.69, 9.17) is 9.84 Å². The van der Waals surface area contributed by atoms with Crippen LogP contribution >= 0.6 is 0 Å². The number of carbonyl (C=O) groups excluding carboxylic acids is 1. The van der Waals surface area contributed by atoms with Crippen LogP contribution in [0.1, 0.15) is 6.42 Å². The minimum Gasteiger partial charge on any atom is -0.508 e. The molecule has 0 aliphatic carbocycles. The first kappa shape index (κ1) is 6.92. The van der Waals surface area contributed by atoms with Crippen molar-refractivity contribution in [3.05, 3.63) is 11.5 Å². The lowest BCUT2D eigenvalue weighted by molar-refractivity contribution is -0.139. The van der Waals surface area contributed by atoms with Crippen LogP contribution in [0.15, 0.2) is 11.5 Å². The molecule has 56 valence electrons. The summed E-state index contributed by atoms with van der Waals surface area (Å²) in [6, 6.07) is 0. The first-order valence-electron chi connectivity index (χ1n) is 2.89. The summed E-state index contributed by atoms with van der Waals surface area (Å²) in [6.45, 7) is 0.357. The Hall–Kier alpha value is -1.19. The second kappa shape index (κ2) is 2.60. The van der Waals surface area contributed by atoms with Gasteiger partial charge in [-0.05, 0) is 0 Å². The number of aliphatic hydroxyl groups excluding tert-OH is 1. The molecule has 4 heteroatoms. The van der Waals surface area contributed by atoms with Gasteiger partial charge in [-0.3, -0.25) is 0 Å². The van der Waals surface area contributed by atoms with E-state index in [-0.39, 0.29) is 11.5 Å². The summed E-state index contributed by atoms with van der Waals surface area (Å²) >= 11 is 0. The largest absolute Gasteiger partial charge is 0.508 e. The molecule has 0 aromatic rings. The third-order valence-electron chi connectivity index (χ3n) is 1.22. The highest BCUT2D eigenvalue weighted by Gasteiger charge is 2.22. The van der Waals surface area contributed by atoms with Gasteiger partial charge in [-0.15, -0.1) is 0 Å². The Balaban J connectivity index is 2.71. The zero-order valence-corrected chi connectivity index (χ0v) is 5.59. The molecular formula is C6H8O4. The van der Waals surface area contributed by atoms with E-state index in [0.29, 0.717) is 13.0 Å². The Morgan fingerprint density at radius 1 is 1.80 bits per heavy atom. The number of carbonyl (C=O) groups is 1. The topological polar surface area (TPSA) is 55.8 Å². The molecule has 0 fully saturated rings. The molecule has 0 amide bonds. The summed E-state index contributed by atoms with van der Waals surface area (Å²) in [5.41, 5.74) is 0. The molecule has 4 nitrogen and oxygen atoms in total. The van der Waals surface area contributed by atoms with Gasteiger partial charge in [-0.25, -0.2) is 4.79 Å². The van der Waals surface area contributed by atoms with Crippen molar-refractivity contribution < 1.29 is 19.4 Å². The van der Waals surface area contributed by atoms with E-state index >= 15 is 0 Å². The van der Waals surface area contributed by atoms with Crippen LogP contribution < -0.4 is 0 Å². The van der Waals surface area contributed by atoms with Gasteiger partial charge in [-0.1, -0.05) is 0 Å². The van der Waals surface area contributed by atoms with Crippen LogP contribution in [0.25, 0.3) is 0 Å². The summed E-state index contributed by atoms with van der Waals surface area (Å²) in [7, 11) is 1.24. The molecule has 0 bridgehead atoms. The molecule has 0 atom stereocenters. The number of hydrogen-bond donors (Lipinski definition) is 1. The van der Waals surface area contributed by atoms with Crippen LogP contribution in [0.2, 0.25) is 0 Å². The van der Waals surface area contributed by atoms with Gasteiger partial charge in [0.05, 0.1) is 13.7 Å². The lowest BCUT2D eigenvalue weighted by atomic mass is 10.3. The number of rotatable bonds is 1. The highest BCUT2D eigenvalue weighted by molar-refractivity contribution is 5.86. The molecule has 0 radical (unpaired) electrons. The molecule has 10 heavy (non-hydrogen) atoms. The van der Waals surface area contributed by atoms with Crippen molar-refractivity contribution in [1.82, 2.24) is 0 Å². The lowest BCUT2D eigenvalue weighted by Gasteiger charge is -1.98. The molecule has 1 aliphatic heterocycles. The number of aliphatic hydroxyl groups is 1. The molecule has 1 aliphatic rings. The molecule has 0 aromatic carbocycles. The Kier molecular flexibility index (Phi) is 1.80. The second-order valence-electron chi connectivity index (χ2n) is 1.87. The van der Waals surface area contributed by atoms with E-state index in [9.17, 15) is 4.79 Å². The van der Waals surface area contributed by atoms with Crippen molar-refractivity contribution in [2.24, 2.45) is 0 Å². The van der Waals surface area contributed by atoms with Crippen LogP contribution in [0.3, 0.4) is 0 Å². The van der Waals surface area contributed by atoms with E-state index in [2.05, 4.69) is 4.74 Å². The van der Waals surface area contributed by atoms with E-state index in [1.165, 1.54) is 7.11 Å². The molecule has 0 spiro atoms. The van der Waals surface area contributed by atoms with Crippen LogP contribution in [-0.4, -0.2) is 24.8 Å².